The van der Waals surface area contributed by atoms with E-state index in [1.165, 1.54) is 11.3 Å². The Morgan fingerprint density at radius 3 is 2.69 bits per heavy atom. The van der Waals surface area contributed by atoms with Crippen molar-refractivity contribution in [1.82, 2.24) is 4.90 Å². The number of amides is 3. The Morgan fingerprint density at radius 2 is 2.00 bits per heavy atom. The molecule has 3 amide bonds. The maximum Gasteiger partial charge on any atom is 0.294 e. The van der Waals surface area contributed by atoms with Crippen LogP contribution in [0.15, 0.2) is 41.3 Å². The molecule has 0 unspecified atom stereocenters. The van der Waals surface area contributed by atoms with Crippen molar-refractivity contribution in [3.63, 3.8) is 0 Å². The molecule has 1 atom stereocenters. The summed E-state index contributed by atoms with van der Waals surface area (Å²) >= 11 is 6.82. The first-order chi connectivity index (χ1) is 16.5. The van der Waals surface area contributed by atoms with E-state index in [2.05, 4.69) is 50.0 Å². The van der Waals surface area contributed by atoms with E-state index in [4.69, 9.17) is 11.6 Å². The van der Waals surface area contributed by atoms with Gasteiger partial charge < -0.3 is 10.2 Å². The molecule has 6 nitrogen and oxygen atoms in total. The minimum absolute atomic E-state index is 0.0729. The Morgan fingerprint density at radius 1 is 1.26 bits per heavy atom. The van der Waals surface area contributed by atoms with Crippen LogP contribution in [-0.4, -0.2) is 40.6 Å². The van der Waals surface area contributed by atoms with Crippen LogP contribution in [0.4, 0.5) is 16.2 Å². The van der Waals surface area contributed by atoms with Crippen molar-refractivity contribution in [2.45, 2.75) is 52.5 Å². The highest BCUT2D eigenvalue weighted by Gasteiger charge is 2.38. The van der Waals surface area contributed by atoms with Crippen molar-refractivity contribution in [2.24, 2.45) is 0 Å². The first kappa shape index (κ1) is 25.3. The number of carbonyl (C=O) groups excluding carboxylic acids is 3. The van der Waals surface area contributed by atoms with Crippen molar-refractivity contribution in [2.75, 3.05) is 23.3 Å². The fraction of sp³-hybridized carbons (Fsp3) is 0.370. The quantitative estimate of drug-likeness (QED) is 0.468. The van der Waals surface area contributed by atoms with Crippen molar-refractivity contribution < 1.29 is 14.4 Å². The number of halogens is 1. The number of nitrogens with one attached hydrogen (secondary N) is 1. The lowest BCUT2D eigenvalue weighted by atomic mass is 9.79. The van der Waals surface area contributed by atoms with E-state index in [-0.39, 0.29) is 12.1 Å². The summed E-state index contributed by atoms with van der Waals surface area (Å²) in [5, 5.41) is 2.71. The van der Waals surface area contributed by atoms with Gasteiger partial charge in [0.25, 0.3) is 11.1 Å². The predicted octanol–water partition coefficient (Wildman–Crippen LogP) is 6.44. The van der Waals surface area contributed by atoms with Crippen molar-refractivity contribution >= 4 is 57.9 Å². The van der Waals surface area contributed by atoms with Gasteiger partial charge in [0.15, 0.2) is 0 Å². The van der Waals surface area contributed by atoms with Crippen LogP contribution in [0.25, 0.3) is 6.08 Å². The first-order valence-corrected chi connectivity index (χ1v) is 12.9. The third-order valence-electron chi connectivity index (χ3n) is 6.66. The molecule has 8 heteroatoms. The first-order valence-electron chi connectivity index (χ1n) is 11.7. The molecule has 2 aliphatic heterocycles. The highest BCUT2D eigenvalue weighted by Crippen LogP contribution is 2.45. The average Bonchev–Trinajstić information content (AvgIpc) is 3.02. The summed E-state index contributed by atoms with van der Waals surface area (Å²) in [5.41, 5.74) is 5.02. The molecule has 35 heavy (non-hydrogen) atoms. The minimum atomic E-state index is -0.461. The van der Waals surface area contributed by atoms with Crippen LogP contribution >= 0.6 is 23.4 Å². The maximum absolute atomic E-state index is 13.0. The molecular formula is C27H30ClN3O3S. The molecular weight excluding hydrogens is 482 g/mol. The summed E-state index contributed by atoms with van der Waals surface area (Å²) in [6, 6.07) is 11.0. The molecule has 2 heterocycles. The summed E-state index contributed by atoms with van der Waals surface area (Å²) in [7, 11) is 0. The van der Waals surface area contributed by atoms with Crippen molar-refractivity contribution in [3.05, 3.63) is 63.0 Å². The van der Waals surface area contributed by atoms with Crippen LogP contribution in [0.5, 0.6) is 0 Å². The molecule has 0 saturated carbocycles. The van der Waals surface area contributed by atoms with Crippen LogP contribution in [0.2, 0.25) is 5.02 Å². The second kappa shape index (κ2) is 9.70. The molecule has 1 saturated heterocycles. The van der Waals surface area contributed by atoms with Gasteiger partial charge in [-0.1, -0.05) is 24.6 Å². The van der Waals surface area contributed by atoms with E-state index in [9.17, 15) is 14.4 Å². The zero-order valence-electron chi connectivity index (χ0n) is 20.6. The number of fused-ring (bicyclic) bond motifs is 1. The van der Waals surface area contributed by atoms with Gasteiger partial charge in [0.1, 0.15) is 6.54 Å². The minimum Gasteiger partial charge on any atom is -0.366 e. The van der Waals surface area contributed by atoms with Gasteiger partial charge in [-0.25, -0.2) is 0 Å². The Kier molecular flexibility index (Phi) is 7.02. The molecule has 0 aliphatic carbocycles. The lowest BCUT2D eigenvalue weighted by molar-refractivity contribution is -0.127. The topological polar surface area (TPSA) is 69.7 Å². The Labute approximate surface area is 215 Å². The molecule has 2 aromatic carbocycles. The standard InChI is InChI=1S/C27H30ClN3O3S/c1-6-31-22-10-16(2)18(11-21(22)17(3)14-27(31,4)5)12-23-25(33)30(26(34)35-23)15-24(32)29-20-9-7-8-19(28)13-20/h7-13,17H,6,14-15H2,1-5H3,(H,29,32)/b23-12-/t17-/m1/s1. The average molecular weight is 512 g/mol. The van der Waals surface area contributed by atoms with E-state index in [1.807, 2.05) is 6.92 Å². The Hall–Kier alpha value is -2.77. The second-order valence-electron chi connectivity index (χ2n) is 9.76. The lowest BCUT2D eigenvalue weighted by Gasteiger charge is -2.47. The van der Waals surface area contributed by atoms with Gasteiger partial charge >= 0.3 is 0 Å². The highest BCUT2D eigenvalue weighted by atomic mass is 35.5. The van der Waals surface area contributed by atoms with E-state index in [0.29, 0.717) is 21.5 Å². The number of aryl methyl sites for hydroxylation is 1. The van der Waals surface area contributed by atoms with Gasteiger partial charge in [-0.05, 0) is 105 Å². The Balaban J connectivity index is 1.56. The molecule has 0 aromatic heterocycles. The molecule has 184 valence electrons. The van der Waals surface area contributed by atoms with Gasteiger partial charge in [-0.15, -0.1) is 0 Å². The van der Waals surface area contributed by atoms with Gasteiger partial charge in [0, 0.05) is 28.5 Å². The molecule has 0 spiro atoms. The van der Waals surface area contributed by atoms with E-state index in [0.717, 1.165) is 40.8 Å². The second-order valence-corrected chi connectivity index (χ2v) is 11.2. The maximum atomic E-state index is 13.0. The normalized spacial score (nSPS) is 20.4. The van der Waals surface area contributed by atoms with Crippen LogP contribution in [0, 0.1) is 6.92 Å². The molecule has 0 bridgehead atoms. The highest BCUT2D eigenvalue weighted by molar-refractivity contribution is 8.18. The molecule has 2 aromatic rings. The summed E-state index contributed by atoms with van der Waals surface area (Å²) in [5.74, 6) is -0.541. The van der Waals surface area contributed by atoms with Crippen LogP contribution in [0.1, 0.15) is 56.7 Å². The van der Waals surface area contributed by atoms with Gasteiger partial charge in [-0.3, -0.25) is 19.3 Å². The number of thioether (sulfide) groups is 1. The zero-order chi connectivity index (χ0) is 25.5. The number of hydrogen-bond acceptors (Lipinski definition) is 5. The molecule has 4 rings (SSSR count). The monoisotopic (exact) mass is 511 g/mol. The summed E-state index contributed by atoms with van der Waals surface area (Å²) in [6.07, 6.45) is 2.81. The molecule has 2 aliphatic rings. The summed E-state index contributed by atoms with van der Waals surface area (Å²) in [4.78, 5) is 41.8. The third-order valence-corrected chi connectivity index (χ3v) is 7.80. The fourth-order valence-corrected chi connectivity index (χ4v) is 6.11. The van der Waals surface area contributed by atoms with Crippen molar-refractivity contribution in [1.29, 1.82) is 0 Å². The van der Waals surface area contributed by atoms with Crippen LogP contribution in [0.3, 0.4) is 0 Å². The number of nitrogens with zero attached hydrogens (tertiary/aromatic N) is 2. The van der Waals surface area contributed by atoms with Crippen molar-refractivity contribution in [3.8, 4) is 0 Å². The largest absolute Gasteiger partial charge is 0.366 e. The number of benzene rings is 2. The molecule has 1 fully saturated rings. The number of hydrogen-bond donors (Lipinski definition) is 1. The number of imide groups is 1. The Bertz CT molecular complexity index is 1240. The van der Waals surface area contributed by atoms with Gasteiger partial charge in [-0.2, -0.15) is 0 Å². The summed E-state index contributed by atoms with van der Waals surface area (Å²) in [6.45, 7) is 11.5. The smallest absolute Gasteiger partial charge is 0.294 e. The third kappa shape index (κ3) is 5.11. The lowest BCUT2D eigenvalue weighted by Crippen LogP contribution is -2.48. The van der Waals surface area contributed by atoms with E-state index < -0.39 is 17.1 Å². The van der Waals surface area contributed by atoms with Crippen LogP contribution in [-0.2, 0) is 9.59 Å². The van der Waals surface area contributed by atoms with E-state index in [1.54, 1.807) is 30.3 Å². The summed E-state index contributed by atoms with van der Waals surface area (Å²) < 4.78 is 0. The van der Waals surface area contributed by atoms with Gasteiger partial charge in [0.05, 0.1) is 4.91 Å². The van der Waals surface area contributed by atoms with Gasteiger partial charge in [0.2, 0.25) is 5.91 Å². The van der Waals surface area contributed by atoms with Crippen LogP contribution < -0.4 is 10.2 Å². The number of anilines is 2. The number of rotatable bonds is 5. The molecule has 1 N–H and O–H groups in total. The van der Waals surface area contributed by atoms with E-state index >= 15 is 0 Å². The number of carbonyl (C=O) groups is 3. The SMILES string of the molecule is CCN1c2cc(C)c(/C=C3\SC(=O)N(CC(=O)Nc4cccc(Cl)c4)C3=O)cc2[C@H](C)CC1(C)C. The predicted molar refractivity (Wildman–Crippen MR) is 144 cm³/mol. The fourth-order valence-electron chi connectivity index (χ4n) is 5.09. The molecule has 0 radical (unpaired) electrons. The zero-order valence-corrected chi connectivity index (χ0v) is 22.2.